The van der Waals surface area contributed by atoms with Crippen LogP contribution >= 0.6 is 0 Å². The SMILES string of the molecule is CCOc1cc(C(=O)N2CCN(C(C)=O)CC2)ccc1OCC(=O)O. The molecule has 0 spiro atoms. The molecule has 1 heterocycles. The fourth-order valence-electron chi connectivity index (χ4n) is 2.58. The van der Waals surface area contributed by atoms with Crippen molar-refractivity contribution < 1.29 is 29.0 Å². The lowest BCUT2D eigenvalue weighted by molar-refractivity contribution is -0.139. The minimum Gasteiger partial charge on any atom is -0.490 e. The number of hydrogen-bond donors (Lipinski definition) is 1. The molecular weight excluding hydrogens is 328 g/mol. The number of benzene rings is 1. The third kappa shape index (κ3) is 4.85. The molecule has 0 radical (unpaired) electrons. The van der Waals surface area contributed by atoms with Crippen LogP contribution in [-0.4, -0.2) is 72.1 Å². The molecule has 0 bridgehead atoms. The van der Waals surface area contributed by atoms with E-state index in [1.807, 2.05) is 0 Å². The zero-order chi connectivity index (χ0) is 18.4. The molecule has 1 fully saturated rings. The zero-order valence-electron chi connectivity index (χ0n) is 14.4. The second kappa shape index (κ2) is 8.36. The Bertz CT molecular complexity index is 653. The van der Waals surface area contributed by atoms with Gasteiger partial charge in [-0.3, -0.25) is 9.59 Å². The van der Waals surface area contributed by atoms with E-state index in [1.165, 1.54) is 13.0 Å². The van der Waals surface area contributed by atoms with E-state index in [9.17, 15) is 14.4 Å². The highest BCUT2D eigenvalue weighted by Crippen LogP contribution is 2.29. The number of aliphatic carboxylic acids is 1. The van der Waals surface area contributed by atoms with Crippen LogP contribution < -0.4 is 9.47 Å². The van der Waals surface area contributed by atoms with Crippen LogP contribution in [-0.2, 0) is 9.59 Å². The maximum Gasteiger partial charge on any atom is 0.341 e. The van der Waals surface area contributed by atoms with Gasteiger partial charge < -0.3 is 24.4 Å². The quantitative estimate of drug-likeness (QED) is 0.817. The summed E-state index contributed by atoms with van der Waals surface area (Å²) in [6.07, 6.45) is 0. The third-order valence-electron chi connectivity index (χ3n) is 3.85. The van der Waals surface area contributed by atoms with E-state index in [1.54, 1.807) is 28.9 Å². The van der Waals surface area contributed by atoms with E-state index in [-0.39, 0.29) is 17.6 Å². The molecule has 1 aliphatic heterocycles. The summed E-state index contributed by atoms with van der Waals surface area (Å²) in [5, 5.41) is 8.71. The smallest absolute Gasteiger partial charge is 0.341 e. The van der Waals surface area contributed by atoms with Crippen LogP contribution in [0.5, 0.6) is 11.5 Å². The number of ether oxygens (including phenoxy) is 2. The number of amides is 2. The maximum atomic E-state index is 12.6. The van der Waals surface area contributed by atoms with E-state index in [2.05, 4.69) is 0 Å². The Hall–Kier alpha value is -2.77. The summed E-state index contributed by atoms with van der Waals surface area (Å²) >= 11 is 0. The van der Waals surface area contributed by atoms with E-state index < -0.39 is 12.6 Å². The molecule has 0 saturated carbocycles. The Morgan fingerprint density at radius 2 is 1.68 bits per heavy atom. The molecule has 0 unspecified atom stereocenters. The number of hydrogen-bond acceptors (Lipinski definition) is 5. The summed E-state index contributed by atoms with van der Waals surface area (Å²) in [6.45, 7) is 5.15. The van der Waals surface area contributed by atoms with Crippen LogP contribution in [0, 0.1) is 0 Å². The lowest BCUT2D eigenvalue weighted by Gasteiger charge is -2.34. The molecule has 8 heteroatoms. The van der Waals surface area contributed by atoms with E-state index >= 15 is 0 Å². The minimum absolute atomic E-state index is 0.00524. The highest BCUT2D eigenvalue weighted by atomic mass is 16.5. The lowest BCUT2D eigenvalue weighted by Crippen LogP contribution is -2.50. The molecule has 1 saturated heterocycles. The van der Waals surface area contributed by atoms with Crippen molar-refractivity contribution in [3.63, 3.8) is 0 Å². The fraction of sp³-hybridized carbons (Fsp3) is 0.471. The van der Waals surface area contributed by atoms with Crippen LogP contribution in [0.15, 0.2) is 18.2 Å². The van der Waals surface area contributed by atoms with Crippen molar-refractivity contribution in [2.45, 2.75) is 13.8 Å². The number of carboxylic acid groups (broad SMARTS) is 1. The fourth-order valence-corrected chi connectivity index (χ4v) is 2.58. The Kier molecular flexibility index (Phi) is 6.21. The van der Waals surface area contributed by atoms with Crippen LogP contribution in [0.25, 0.3) is 0 Å². The van der Waals surface area contributed by atoms with Gasteiger partial charge in [0.2, 0.25) is 5.91 Å². The molecule has 136 valence electrons. The van der Waals surface area contributed by atoms with Crippen LogP contribution in [0.4, 0.5) is 0 Å². The van der Waals surface area contributed by atoms with E-state index in [4.69, 9.17) is 14.6 Å². The van der Waals surface area contributed by atoms with Gasteiger partial charge in [-0.05, 0) is 25.1 Å². The Labute approximate surface area is 145 Å². The average Bonchev–Trinajstić information content (AvgIpc) is 2.60. The summed E-state index contributed by atoms with van der Waals surface area (Å²) in [6, 6.07) is 4.67. The van der Waals surface area contributed by atoms with E-state index in [0.717, 1.165) is 0 Å². The Morgan fingerprint density at radius 3 is 2.24 bits per heavy atom. The highest BCUT2D eigenvalue weighted by molar-refractivity contribution is 5.95. The number of rotatable bonds is 6. The number of carboxylic acids is 1. The molecule has 0 aromatic heterocycles. The van der Waals surface area contributed by atoms with Crippen molar-refractivity contribution >= 4 is 17.8 Å². The molecule has 0 aliphatic carbocycles. The molecule has 1 N–H and O–H groups in total. The molecular formula is C17H22N2O6. The van der Waals surface area contributed by atoms with Crippen molar-refractivity contribution in [2.75, 3.05) is 39.4 Å². The van der Waals surface area contributed by atoms with Gasteiger partial charge in [0.05, 0.1) is 6.61 Å². The molecule has 2 amide bonds. The lowest BCUT2D eigenvalue weighted by atomic mass is 10.1. The first-order chi connectivity index (χ1) is 11.9. The molecule has 1 aliphatic rings. The van der Waals surface area contributed by atoms with Gasteiger partial charge in [-0.15, -0.1) is 0 Å². The standard InChI is InChI=1S/C17H22N2O6/c1-3-24-15-10-13(4-5-14(15)25-11-16(21)22)17(23)19-8-6-18(7-9-19)12(2)20/h4-5,10H,3,6-9,11H2,1-2H3,(H,21,22). The largest absolute Gasteiger partial charge is 0.490 e. The average molecular weight is 350 g/mol. The molecule has 0 atom stereocenters. The predicted molar refractivity (Wildman–Crippen MR) is 88.9 cm³/mol. The number of nitrogens with zero attached hydrogens (tertiary/aromatic N) is 2. The normalized spacial score (nSPS) is 14.2. The van der Waals surface area contributed by atoms with Gasteiger partial charge in [-0.1, -0.05) is 0 Å². The predicted octanol–water partition coefficient (Wildman–Crippen LogP) is 0.853. The van der Waals surface area contributed by atoms with Gasteiger partial charge in [0, 0.05) is 38.7 Å². The van der Waals surface area contributed by atoms with Crippen LogP contribution in [0.2, 0.25) is 0 Å². The van der Waals surface area contributed by atoms with Gasteiger partial charge in [0.25, 0.3) is 5.91 Å². The first kappa shape index (κ1) is 18.6. The van der Waals surface area contributed by atoms with Gasteiger partial charge in [0.1, 0.15) is 0 Å². The first-order valence-electron chi connectivity index (χ1n) is 8.08. The first-order valence-corrected chi connectivity index (χ1v) is 8.08. The maximum absolute atomic E-state index is 12.6. The van der Waals surface area contributed by atoms with Crippen LogP contribution in [0.1, 0.15) is 24.2 Å². The summed E-state index contributed by atoms with van der Waals surface area (Å²) in [5.41, 5.74) is 0.433. The number of carbonyl (C=O) groups excluding carboxylic acids is 2. The Morgan fingerprint density at radius 1 is 1.04 bits per heavy atom. The Balaban J connectivity index is 2.10. The van der Waals surface area contributed by atoms with Crippen molar-refractivity contribution in [2.24, 2.45) is 0 Å². The molecule has 1 aromatic carbocycles. The van der Waals surface area contributed by atoms with E-state index in [0.29, 0.717) is 44.1 Å². The van der Waals surface area contributed by atoms with Crippen molar-refractivity contribution in [1.82, 2.24) is 9.80 Å². The summed E-state index contributed by atoms with van der Waals surface area (Å²) in [5.74, 6) is -0.635. The number of carbonyl (C=O) groups is 3. The summed E-state index contributed by atoms with van der Waals surface area (Å²) in [4.78, 5) is 38.0. The number of piperazine rings is 1. The molecule has 8 nitrogen and oxygen atoms in total. The van der Waals surface area contributed by atoms with Gasteiger partial charge in [-0.2, -0.15) is 0 Å². The van der Waals surface area contributed by atoms with Gasteiger partial charge in [0.15, 0.2) is 18.1 Å². The van der Waals surface area contributed by atoms with Gasteiger partial charge in [-0.25, -0.2) is 4.79 Å². The van der Waals surface area contributed by atoms with Crippen molar-refractivity contribution in [3.05, 3.63) is 23.8 Å². The molecule has 2 rings (SSSR count). The second-order valence-electron chi connectivity index (χ2n) is 5.58. The third-order valence-corrected chi connectivity index (χ3v) is 3.85. The summed E-state index contributed by atoms with van der Waals surface area (Å²) < 4.78 is 10.6. The monoisotopic (exact) mass is 350 g/mol. The van der Waals surface area contributed by atoms with Gasteiger partial charge >= 0.3 is 5.97 Å². The minimum atomic E-state index is -1.09. The highest BCUT2D eigenvalue weighted by Gasteiger charge is 2.24. The van der Waals surface area contributed by atoms with Crippen molar-refractivity contribution in [3.8, 4) is 11.5 Å². The summed E-state index contributed by atoms with van der Waals surface area (Å²) in [7, 11) is 0. The molecule has 1 aromatic rings. The second-order valence-corrected chi connectivity index (χ2v) is 5.58. The van der Waals surface area contributed by atoms with Crippen molar-refractivity contribution in [1.29, 1.82) is 0 Å². The molecule has 25 heavy (non-hydrogen) atoms. The topological polar surface area (TPSA) is 96.4 Å². The zero-order valence-corrected chi connectivity index (χ0v) is 14.4. The van der Waals surface area contributed by atoms with Crippen LogP contribution in [0.3, 0.4) is 0 Å².